The molecule has 30 heavy (non-hydrogen) atoms. The van der Waals surface area contributed by atoms with Crippen LogP contribution in [0.25, 0.3) is 0 Å². The molecule has 1 atom stereocenters. The van der Waals surface area contributed by atoms with Crippen molar-refractivity contribution in [2.45, 2.75) is 69.9 Å². The van der Waals surface area contributed by atoms with Crippen LogP contribution < -0.4 is 0 Å². The predicted octanol–water partition coefficient (Wildman–Crippen LogP) is 2.01. The van der Waals surface area contributed by atoms with Crippen molar-refractivity contribution >= 4 is 11.8 Å². The van der Waals surface area contributed by atoms with Gasteiger partial charge in [-0.05, 0) is 32.6 Å². The number of carbonyl (C=O) groups is 2. The van der Waals surface area contributed by atoms with Crippen LogP contribution >= 0.6 is 0 Å². The van der Waals surface area contributed by atoms with E-state index in [4.69, 9.17) is 4.74 Å². The number of amides is 2. The van der Waals surface area contributed by atoms with Gasteiger partial charge in [0.05, 0.1) is 42.5 Å². The van der Waals surface area contributed by atoms with E-state index in [-0.39, 0.29) is 24.3 Å². The van der Waals surface area contributed by atoms with Gasteiger partial charge in [0.15, 0.2) is 0 Å². The monoisotopic (exact) mass is 416 g/mol. The zero-order valence-corrected chi connectivity index (χ0v) is 17.8. The first-order valence-corrected chi connectivity index (χ1v) is 11.2. The molecular weight excluding hydrogens is 384 g/mol. The lowest BCUT2D eigenvalue weighted by molar-refractivity contribution is -0.138. The van der Waals surface area contributed by atoms with Gasteiger partial charge >= 0.3 is 0 Å². The molecule has 164 valence electrons. The highest BCUT2D eigenvalue weighted by Gasteiger charge is 2.39. The molecule has 0 unspecified atom stereocenters. The summed E-state index contributed by atoms with van der Waals surface area (Å²) in [5.41, 5.74) is 0.223. The molecule has 8 heteroatoms. The lowest BCUT2D eigenvalue weighted by Gasteiger charge is -2.34. The van der Waals surface area contributed by atoms with Crippen LogP contribution in [0.1, 0.15) is 79.3 Å². The summed E-state index contributed by atoms with van der Waals surface area (Å²) >= 11 is 0. The number of morpholine rings is 1. The van der Waals surface area contributed by atoms with Crippen LogP contribution in [0, 0.1) is 6.92 Å². The molecule has 3 fully saturated rings. The fourth-order valence-corrected chi connectivity index (χ4v) is 4.96. The minimum absolute atomic E-state index is 0.0389. The Labute approximate surface area is 177 Å². The van der Waals surface area contributed by atoms with Crippen LogP contribution in [-0.4, -0.2) is 75.1 Å². The fraction of sp³-hybridized carbons (Fsp3) is 0.727. The number of aromatic nitrogens is 2. The first-order chi connectivity index (χ1) is 14.5. The molecule has 1 aliphatic carbocycles. The van der Waals surface area contributed by atoms with E-state index in [1.54, 1.807) is 18.0 Å². The van der Waals surface area contributed by atoms with Crippen molar-refractivity contribution in [1.82, 2.24) is 19.8 Å². The molecule has 3 aliphatic rings. The number of aryl methyl sites for hydroxylation is 1. The molecule has 2 amide bonds. The molecule has 2 saturated heterocycles. The zero-order valence-electron chi connectivity index (χ0n) is 17.8. The van der Waals surface area contributed by atoms with E-state index in [9.17, 15) is 14.7 Å². The Bertz CT molecular complexity index is 787. The summed E-state index contributed by atoms with van der Waals surface area (Å²) in [6, 6.07) is -0.244. The lowest BCUT2D eigenvalue weighted by Crippen LogP contribution is -2.42. The SMILES string of the molecule is Cc1ncc(C(=O)N2CCOCC2)c([C@@H]2CCCN2C(=O)CC2(O)CCCCC2)n1. The molecule has 0 radical (unpaired) electrons. The summed E-state index contributed by atoms with van der Waals surface area (Å²) in [5, 5.41) is 10.9. The maximum absolute atomic E-state index is 13.2. The van der Waals surface area contributed by atoms with Crippen molar-refractivity contribution < 1.29 is 19.4 Å². The lowest BCUT2D eigenvalue weighted by atomic mass is 9.82. The largest absolute Gasteiger partial charge is 0.389 e. The van der Waals surface area contributed by atoms with Gasteiger partial charge in [-0.1, -0.05) is 19.3 Å². The molecule has 2 aliphatic heterocycles. The maximum Gasteiger partial charge on any atom is 0.257 e. The van der Waals surface area contributed by atoms with Crippen molar-refractivity contribution in [1.29, 1.82) is 0 Å². The van der Waals surface area contributed by atoms with Crippen LogP contribution in [0.2, 0.25) is 0 Å². The highest BCUT2D eigenvalue weighted by molar-refractivity contribution is 5.95. The minimum Gasteiger partial charge on any atom is -0.389 e. The Morgan fingerprint density at radius 2 is 1.90 bits per heavy atom. The van der Waals surface area contributed by atoms with Crippen LogP contribution in [0.3, 0.4) is 0 Å². The van der Waals surface area contributed by atoms with Crippen molar-refractivity contribution in [3.8, 4) is 0 Å². The van der Waals surface area contributed by atoms with Gasteiger partial charge in [-0.25, -0.2) is 9.97 Å². The van der Waals surface area contributed by atoms with E-state index in [1.165, 1.54) is 0 Å². The third-order valence-corrected chi connectivity index (χ3v) is 6.62. The third-order valence-electron chi connectivity index (χ3n) is 6.62. The standard InChI is InChI=1S/C22H32N4O4/c1-16-23-15-17(21(28)25-10-12-30-13-11-25)20(24-16)18-6-5-9-26(18)19(27)14-22(29)7-3-2-4-8-22/h15,18,29H,2-14H2,1H3/t18-/m0/s1. The molecule has 4 rings (SSSR count). The quantitative estimate of drug-likeness (QED) is 0.807. The van der Waals surface area contributed by atoms with Crippen LogP contribution in [0.15, 0.2) is 6.20 Å². The van der Waals surface area contributed by atoms with E-state index in [0.29, 0.717) is 62.8 Å². The molecule has 0 spiro atoms. The number of aliphatic hydroxyl groups is 1. The number of likely N-dealkylation sites (tertiary alicyclic amines) is 1. The Morgan fingerprint density at radius 3 is 2.63 bits per heavy atom. The molecule has 3 heterocycles. The number of hydrogen-bond acceptors (Lipinski definition) is 6. The normalized spacial score (nSPS) is 24.1. The smallest absolute Gasteiger partial charge is 0.257 e. The molecule has 0 bridgehead atoms. The van der Waals surface area contributed by atoms with E-state index in [2.05, 4.69) is 9.97 Å². The second-order valence-electron chi connectivity index (χ2n) is 8.83. The number of nitrogens with zero attached hydrogens (tertiary/aromatic N) is 4. The van der Waals surface area contributed by atoms with E-state index < -0.39 is 5.60 Å². The molecular formula is C22H32N4O4. The summed E-state index contributed by atoms with van der Waals surface area (Å²) in [7, 11) is 0. The fourth-order valence-electron chi connectivity index (χ4n) is 4.96. The van der Waals surface area contributed by atoms with Gasteiger partial charge in [-0.2, -0.15) is 0 Å². The van der Waals surface area contributed by atoms with E-state index in [1.807, 2.05) is 4.90 Å². The van der Waals surface area contributed by atoms with Gasteiger partial charge in [0.2, 0.25) is 5.91 Å². The molecule has 1 aromatic rings. The predicted molar refractivity (Wildman–Crippen MR) is 110 cm³/mol. The second-order valence-corrected chi connectivity index (χ2v) is 8.83. The minimum atomic E-state index is -0.892. The van der Waals surface area contributed by atoms with Crippen molar-refractivity contribution in [3.05, 3.63) is 23.3 Å². The van der Waals surface area contributed by atoms with Crippen LogP contribution in [0.5, 0.6) is 0 Å². The van der Waals surface area contributed by atoms with Crippen molar-refractivity contribution in [3.63, 3.8) is 0 Å². The Kier molecular flexibility index (Phi) is 6.34. The highest BCUT2D eigenvalue weighted by atomic mass is 16.5. The Balaban J connectivity index is 1.56. The van der Waals surface area contributed by atoms with Crippen LogP contribution in [-0.2, 0) is 9.53 Å². The summed E-state index contributed by atoms with van der Waals surface area (Å²) in [4.78, 5) is 38.8. The van der Waals surface area contributed by atoms with Gasteiger partial charge in [-0.15, -0.1) is 0 Å². The molecule has 1 saturated carbocycles. The Hall–Kier alpha value is -2.06. The second kappa shape index (κ2) is 8.98. The van der Waals surface area contributed by atoms with Gasteiger partial charge < -0.3 is 19.6 Å². The number of carbonyl (C=O) groups excluding carboxylic acids is 2. The van der Waals surface area contributed by atoms with Crippen molar-refractivity contribution in [2.75, 3.05) is 32.8 Å². The van der Waals surface area contributed by atoms with E-state index in [0.717, 1.165) is 32.1 Å². The molecule has 1 aromatic heterocycles. The number of hydrogen-bond donors (Lipinski definition) is 1. The number of ether oxygens (including phenoxy) is 1. The molecule has 1 N–H and O–H groups in total. The average Bonchev–Trinajstić information content (AvgIpc) is 3.24. The van der Waals surface area contributed by atoms with Crippen molar-refractivity contribution in [2.24, 2.45) is 0 Å². The number of rotatable bonds is 4. The van der Waals surface area contributed by atoms with Crippen LogP contribution in [0.4, 0.5) is 0 Å². The first kappa shape index (κ1) is 21.2. The average molecular weight is 417 g/mol. The molecule has 0 aromatic carbocycles. The topological polar surface area (TPSA) is 95.9 Å². The van der Waals surface area contributed by atoms with E-state index >= 15 is 0 Å². The van der Waals surface area contributed by atoms with Gasteiger partial charge in [-0.3, -0.25) is 9.59 Å². The van der Waals surface area contributed by atoms with Gasteiger partial charge in [0, 0.05) is 25.8 Å². The summed E-state index contributed by atoms with van der Waals surface area (Å²) < 4.78 is 5.36. The Morgan fingerprint density at radius 1 is 1.17 bits per heavy atom. The summed E-state index contributed by atoms with van der Waals surface area (Å²) in [6.45, 7) is 4.59. The molecule has 8 nitrogen and oxygen atoms in total. The summed E-state index contributed by atoms with van der Waals surface area (Å²) in [5.74, 6) is 0.454. The zero-order chi connectivity index (χ0) is 21.1. The van der Waals surface area contributed by atoms with Gasteiger partial charge in [0.1, 0.15) is 5.82 Å². The highest BCUT2D eigenvalue weighted by Crippen LogP contribution is 2.37. The third kappa shape index (κ3) is 4.49. The maximum atomic E-state index is 13.2. The van der Waals surface area contributed by atoms with Gasteiger partial charge in [0.25, 0.3) is 5.91 Å². The first-order valence-electron chi connectivity index (χ1n) is 11.2. The summed E-state index contributed by atoms with van der Waals surface area (Å²) in [6.07, 6.45) is 7.82.